The molecule has 5 heteroatoms. The molecular formula is C16H16F3NO. The van der Waals surface area contributed by atoms with Crippen molar-refractivity contribution in [2.75, 3.05) is 0 Å². The van der Waals surface area contributed by atoms with Crippen molar-refractivity contribution in [2.24, 2.45) is 5.92 Å². The molecule has 2 aromatic rings. The van der Waals surface area contributed by atoms with Crippen LogP contribution in [-0.4, -0.2) is 16.3 Å². The van der Waals surface area contributed by atoms with E-state index in [4.69, 9.17) is 0 Å². The zero-order chi connectivity index (χ0) is 15.1. The van der Waals surface area contributed by atoms with E-state index in [-0.39, 0.29) is 25.7 Å². The Morgan fingerprint density at radius 1 is 1.14 bits per heavy atom. The number of hydrogen-bond acceptors (Lipinski definition) is 2. The lowest BCUT2D eigenvalue weighted by atomic mass is 9.75. The second-order valence-electron chi connectivity index (χ2n) is 5.76. The van der Waals surface area contributed by atoms with Gasteiger partial charge in [0.2, 0.25) is 0 Å². The minimum Gasteiger partial charge on any atom is -0.385 e. The Hall–Kier alpha value is -1.62. The molecule has 0 saturated heterocycles. The van der Waals surface area contributed by atoms with Crippen molar-refractivity contribution in [1.82, 2.24) is 4.98 Å². The summed E-state index contributed by atoms with van der Waals surface area (Å²) in [5, 5.41) is 11.6. The van der Waals surface area contributed by atoms with Gasteiger partial charge in [0.25, 0.3) is 0 Å². The highest BCUT2D eigenvalue weighted by molar-refractivity contribution is 5.78. The van der Waals surface area contributed by atoms with E-state index in [1.165, 1.54) is 0 Å². The molecule has 112 valence electrons. The van der Waals surface area contributed by atoms with Gasteiger partial charge in [-0.1, -0.05) is 18.2 Å². The fourth-order valence-corrected chi connectivity index (χ4v) is 3.04. The molecule has 0 unspecified atom stereocenters. The molecule has 1 fully saturated rings. The second-order valence-corrected chi connectivity index (χ2v) is 5.76. The van der Waals surface area contributed by atoms with Gasteiger partial charge in [0.15, 0.2) is 0 Å². The monoisotopic (exact) mass is 295 g/mol. The number of aromatic nitrogens is 1. The van der Waals surface area contributed by atoms with Crippen molar-refractivity contribution < 1.29 is 18.3 Å². The molecule has 21 heavy (non-hydrogen) atoms. The molecule has 1 aromatic carbocycles. The van der Waals surface area contributed by atoms with Crippen LogP contribution in [0.25, 0.3) is 10.9 Å². The van der Waals surface area contributed by atoms with Crippen molar-refractivity contribution in [1.29, 1.82) is 0 Å². The number of pyridine rings is 1. The summed E-state index contributed by atoms with van der Waals surface area (Å²) in [5.74, 6) is -1.30. The van der Waals surface area contributed by atoms with E-state index >= 15 is 0 Å². The van der Waals surface area contributed by atoms with Crippen LogP contribution in [0.5, 0.6) is 0 Å². The van der Waals surface area contributed by atoms with Crippen LogP contribution in [-0.2, 0) is 5.60 Å². The number of nitrogens with zero attached hydrogens (tertiary/aromatic N) is 1. The molecule has 1 N–H and O–H groups in total. The number of fused-ring (bicyclic) bond motifs is 1. The molecule has 2 nitrogen and oxygen atoms in total. The maximum absolute atomic E-state index is 12.7. The Labute approximate surface area is 120 Å². The largest absolute Gasteiger partial charge is 0.391 e. The van der Waals surface area contributed by atoms with Crippen LogP contribution in [0.2, 0.25) is 0 Å². The van der Waals surface area contributed by atoms with E-state index in [1.807, 2.05) is 30.3 Å². The van der Waals surface area contributed by atoms with Crippen LogP contribution in [0, 0.1) is 5.92 Å². The molecule has 1 aliphatic carbocycles. The Morgan fingerprint density at radius 3 is 2.48 bits per heavy atom. The lowest BCUT2D eigenvalue weighted by molar-refractivity contribution is -0.193. The Bertz CT molecular complexity index is 645. The number of para-hydroxylation sites is 1. The molecule has 0 atom stereocenters. The first-order chi connectivity index (χ1) is 9.88. The number of rotatable bonds is 1. The molecule has 1 aromatic heterocycles. The average molecular weight is 295 g/mol. The topological polar surface area (TPSA) is 33.1 Å². The lowest BCUT2D eigenvalue weighted by Crippen LogP contribution is -2.36. The Kier molecular flexibility index (Phi) is 3.40. The van der Waals surface area contributed by atoms with Gasteiger partial charge in [-0.15, -0.1) is 0 Å². The SMILES string of the molecule is OC1(c2cnc3ccccc3c2)CCC(C(F)(F)F)CC1. The molecule has 0 spiro atoms. The summed E-state index contributed by atoms with van der Waals surface area (Å²) in [7, 11) is 0. The fourth-order valence-electron chi connectivity index (χ4n) is 3.04. The summed E-state index contributed by atoms with van der Waals surface area (Å²) in [5.41, 5.74) is 0.231. The predicted octanol–water partition coefficient (Wildman–Crippen LogP) is 4.17. The van der Waals surface area contributed by atoms with E-state index in [2.05, 4.69) is 4.98 Å². The first-order valence-electron chi connectivity index (χ1n) is 7.03. The lowest BCUT2D eigenvalue weighted by Gasteiger charge is -2.36. The van der Waals surface area contributed by atoms with Gasteiger partial charge in [-0.2, -0.15) is 13.2 Å². The van der Waals surface area contributed by atoms with E-state index in [9.17, 15) is 18.3 Å². The van der Waals surface area contributed by atoms with E-state index in [0.717, 1.165) is 10.9 Å². The van der Waals surface area contributed by atoms with Gasteiger partial charge in [-0.3, -0.25) is 4.98 Å². The summed E-state index contributed by atoms with van der Waals surface area (Å²) in [6.07, 6.45) is -2.41. The van der Waals surface area contributed by atoms with E-state index in [1.54, 1.807) is 6.20 Å². The maximum Gasteiger partial charge on any atom is 0.391 e. The number of halogens is 3. The summed E-state index contributed by atoms with van der Waals surface area (Å²) in [6, 6.07) is 9.33. The normalized spacial score (nSPS) is 27.0. The first-order valence-corrected chi connectivity index (χ1v) is 7.03. The smallest absolute Gasteiger partial charge is 0.385 e. The summed E-state index contributed by atoms with van der Waals surface area (Å²) >= 11 is 0. The fraction of sp³-hybridized carbons (Fsp3) is 0.438. The van der Waals surface area contributed by atoms with Crippen LogP contribution in [0.15, 0.2) is 36.5 Å². The molecule has 1 aliphatic rings. The Balaban J connectivity index is 1.85. The highest BCUT2D eigenvalue weighted by Gasteiger charge is 2.45. The molecule has 3 rings (SSSR count). The van der Waals surface area contributed by atoms with E-state index in [0.29, 0.717) is 5.56 Å². The zero-order valence-electron chi connectivity index (χ0n) is 11.4. The first kappa shape index (κ1) is 14.3. The van der Waals surface area contributed by atoms with Crippen LogP contribution in [0.1, 0.15) is 31.2 Å². The standard InChI is InChI=1S/C16H16F3NO/c17-16(18,19)12-5-7-15(21,8-6-12)13-9-11-3-1-2-4-14(11)20-10-13/h1-4,9-10,12,21H,5-8H2. The highest BCUT2D eigenvalue weighted by Crippen LogP contribution is 2.45. The van der Waals surface area contributed by atoms with Crippen molar-refractivity contribution in [3.05, 3.63) is 42.1 Å². The van der Waals surface area contributed by atoms with Crippen molar-refractivity contribution in [2.45, 2.75) is 37.5 Å². The molecule has 0 radical (unpaired) electrons. The molecular weight excluding hydrogens is 279 g/mol. The molecule has 0 bridgehead atoms. The van der Waals surface area contributed by atoms with Crippen molar-refractivity contribution in [3.63, 3.8) is 0 Å². The maximum atomic E-state index is 12.7. The van der Waals surface area contributed by atoms with Crippen LogP contribution in [0.3, 0.4) is 0 Å². The van der Waals surface area contributed by atoms with Gasteiger partial charge in [-0.05, 0) is 37.8 Å². The molecule has 1 saturated carbocycles. The van der Waals surface area contributed by atoms with Crippen LogP contribution in [0.4, 0.5) is 13.2 Å². The Morgan fingerprint density at radius 2 is 1.81 bits per heavy atom. The number of benzene rings is 1. The van der Waals surface area contributed by atoms with Gasteiger partial charge >= 0.3 is 6.18 Å². The third kappa shape index (κ3) is 2.75. The number of aliphatic hydroxyl groups is 1. The summed E-state index contributed by atoms with van der Waals surface area (Å²) in [4.78, 5) is 4.29. The van der Waals surface area contributed by atoms with Crippen LogP contribution >= 0.6 is 0 Å². The minimum absolute atomic E-state index is 0.0349. The minimum atomic E-state index is -4.16. The van der Waals surface area contributed by atoms with Gasteiger partial charge in [0.1, 0.15) is 0 Å². The van der Waals surface area contributed by atoms with Gasteiger partial charge in [0, 0.05) is 17.1 Å². The third-order valence-electron chi connectivity index (χ3n) is 4.40. The zero-order valence-corrected chi connectivity index (χ0v) is 11.4. The quantitative estimate of drug-likeness (QED) is 0.856. The van der Waals surface area contributed by atoms with Crippen molar-refractivity contribution >= 4 is 10.9 Å². The number of alkyl halides is 3. The van der Waals surface area contributed by atoms with Crippen molar-refractivity contribution in [3.8, 4) is 0 Å². The van der Waals surface area contributed by atoms with E-state index < -0.39 is 17.7 Å². The van der Waals surface area contributed by atoms with Gasteiger partial charge in [0.05, 0.1) is 17.0 Å². The highest BCUT2D eigenvalue weighted by atomic mass is 19.4. The average Bonchev–Trinajstić information content (AvgIpc) is 2.46. The number of hydrogen-bond donors (Lipinski definition) is 1. The summed E-state index contributed by atoms with van der Waals surface area (Å²) in [6.45, 7) is 0. The van der Waals surface area contributed by atoms with Gasteiger partial charge < -0.3 is 5.11 Å². The summed E-state index contributed by atoms with van der Waals surface area (Å²) < 4.78 is 38.1. The predicted molar refractivity (Wildman–Crippen MR) is 73.7 cm³/mol. The van der Waals surface area contributed by atoms with Crippen LogP contribution < -0.4 is 0 Å². The molecule has 0 aliphatic heterocycles. The molecule has 0 amide bonds. The molecule has 1 heterocycles. The third-order valence-corrected chi connectivity index (χ3v) is 4.40. The second kappa shape index (κ2) is 4.98. The van der Waals surface area contributed by atoms with Gasteiger partial charge in [-0.25, -0.2) is 0 Å².